The van der Waals surface area contributed by atoms with Gasteiger partial charge in [-0.3, -0.25) is 4.79 Å². The van der Waals surface area contributed by atoms with Crippen molar-refractivity contribution in [3.8, 4) is 0 Å². The fourth-order valence-electron chi connectivity index (χ4n) is 0.340. The van der Waals surface area contributed by atoms with Crippen LogP contribution in [0.5, 0.6) is 0 Å². The third-order valence-corrected chi connectivity index (χ3v) is 0.841. The number of carbonyl (C=O) groups excluding carboxylic acids is 1. The van der Waals surface area contributed by atoms with Crippen LogP contribution in [-0.2, 0) is 9.53 Å². The molecule has 0 saturated heterocycles. The average molecular weight is 134 g/mol. The fourth-order valence-corrected chi connectivity index (χ4v) is 0.340. The van der Waals surface area contributed by atoms with Gasteiger partial charge >= 0.3 is 5.97 Å². The summed E-state index contributed by atoms with van der Waals surface area (Å²) in [5.74, 6) is -0.517. The lowest BCUT2D eigenvalue weighted by Crippen LogP contribution is -2.17. The molecular formula is C5H10O4. The molecule has 0 unspecified atom stereocenters. The lowest BCUT2D eigenvalue weighted by Gasteiger charge is -2.02. The molecule has 4 nitrogen and oxygen atoms in total. The van der Waals surface area contributed by atoms with E-state index in [1.807, 2.05) is 0 Å². The minimum atomic E-state index is -0.988. The Labute approximate surface area is 53.1 Å². The molecule has 0 aromatic rings. The van der Waals surface area contributed by atoms with Crippen molar-refractivity contribution in [2.45, 2.75) is 12.5 Å². The Balaban J connectivity index is 3.34. The zero-order chi connectivity index (χ0) is 7.28. The van der Waals surface area contributed by atoms with Gasteiger partial charge in [-0.2, -0.15) is 0 Å². The predicted octanol–water partition coefficient (Wildman–Crippen LogP) is -1.10. The molecule has 0 spiro atoms. The number of aliphatic hydroxyl groups excluding tert-OH is 2. The highest BCUT2D eigenvalue weighted by Crippen LogP contribution is 1.90. The Bertz CT molecular complexity index is 91.0. The van der Waals surface area contributed by atoms with Crippen LogP contribution in [0, 0.1) is 0 Å². The Morgan fingerprint density at radius 2 is 2.33 bits per heavy atom. The Morgan fingerprint density at radius 1 is 1.78 bits per heavy atom. The van der Waals surface area contributed by atoms with Crippen LogP contribution in [0.15, 0.2) is 0 Å². The highest BCUT2D eigenvalue weighted by Gasteiger charge is 2.08. The maximum atomic E-state index is 10.3. The first-order chi connectivity index (χ1) is 4.20. The van der Waals surface area contributed by atoms with Crippen molar-refractivity contribution in [3.05, 3.63) is 0 Å². The van der Waals surface area contributed by atoms with Crippen LogP contribution >= 0.6 is 0 Å². The maximum Gasteiger partial charge on any atom is 0.308 e. The van der Waals surface area contributed by atoms with Crippen molar-refractivity contribution in [1.29, 1.82) is 0 Å². The smallest absolute Gasteiger partial charge is 0.308 e. The quantitative estimate of drug-likeness (QED) is 0.481. The number of rotatable bonds is 3. The molecule has 2 N–H and O–H groups in total. The van der Waals surface area contributed by atoms with E-state index in [0.29, 0.717) is 0 Å². The van der Waals surface area contributed by atoms with Crippen LogP contribution < -0.4 is 0 Å². The Hall–Kier alpha value is -0.610. The summed E-state index contributed by atoms with van der Waals surface area (Å²) in [5, 5.41) is 16.8. The van der Waals surface area contributed by atoms with Gasteiger partial charge in [0.05, 0.1) is 26.2 Å². The van der Waals surface area contributed by atoms with E-state index >= 15 is 0 Å². The van der Waals surface area contributed by atoms with E-state index in [-0.39, 0.29) is 6.42 Å². The standard InChI is InChI=1S/C5H10O4/c1-9-5(8)2-4(7)3-6/h4,6-7H,2-3H2,1H3/t4-/m1/s1. The molecule has 54 valence electrons. The van der Waals surface area contributed by atoms with Crippen molar-refractivity contribution in [2.24, 2.45) is 0 Å². The van der Waals surface area contributed by atoms with Gasteiger partial charge in [0.1, 0.15) is 0 Å². The number of esters is 1. The van der Waals surface area contributed by atoms with Gasteiger partial charge in [0.2, 0.25) is 0 Å². The summed E-state index contributed by atoms with van der Waals surface area (Å²) < 4.78 is 4.21. The van der Waals surface area contributed by atoms with Gasteiger partial charge in [0.25, 0.3) is 0 Å². The SMILES string of the molecule is COC(=O)C[C@@H](O)CO. The van der Waals surface area contributed by atoms with Crippen molar-refractivity contribution in [2.75, 3.05) is 13.7 Å². The predicted molar refractivity (Wildman–Crippen MR) is 29.7 cm³/mol. The van der Waals surface area contributed by atoms with Crippen LogP contribution in [0.1, 0.15) is 6.42 Å². The minimum absolute atomic E-state index is 0.146. The van der Waals surface area contributed by atoms with E-state index in [1.165, 1.54) is 7.11 Å². The van der Waals surface area contributed by atoms with E-state index in [1.54, 1.807) is 0 Å². The first kappa shape index (κ1) is 8.39. The summed E-state index contributed by atoms with van der Waals surface area (Å²) in [6.07, 6.45) is -1.13. The molecule has 0 heterocycles. The molecule has 0 radical (unpaired) electrons. The lowest BCUT2D eigenvalue weighted by molar-refractivity contribution is -0.143. The summed E-state index contributed by atoms with van der Waals surface area (Å²) in [4.78, 5) is 10.3. The summed E-state index contributed by atoms with van der Waals surface area (Å²) in [6.45, 7) is -0.408. The van der Waals surface area contributed by atoms with Crippen LogP contribution in [0.25, 0.3) is 0 Å². The lowest BCUT2D eigenvalue weighted by atomic mass is 10.3. The molecule has 0 saturated carbocycles. The largest absolute Gasteiger partial charge is 0.469 e. The van der Waals surface area contributed by atoms with Crippen molar-refractivity contribution in [3.63, 3.8) is 0 Å². The maximum absolute atomic E-state index is 10.3. The van der Waals surface area contributed by atoms with Crippen LogP contribution in [0.4, 0.5) is 0 Å². The van der Waals surface area contributed by atoms with Crippen molar-refractivity contribution < 1.29 is 19.7 Å². The molecule has 0 aliphatic heterocycles. The van der Waals surface area contributed by atoms with Gasteiger partial charge in [0, 0.05) is 0 Å². The molecule has 0 fully saturated rings. The van der Waals surface area contributed by atoms with Gasteiger partial charge in [0.15, 0.2) is 0 Å². The zero-order valence-corrected chi connectivity index (χ0v) is 5.20. The highest BCUT2D eigenvalue weighted by molar-refractivity contribution is 5.69. The first-order valence-corrected chi connectivity index (χ1v) is 2.56. The van der Waals surface area contributed by atoms with Crippen LogP contribution in [0.3, 0.4) is 0 Å². The second-order valence-corrected chi connectivity index (χ2v) is 1.62. The monoisotopic (exact) mass is 134 g/mol. The highest BCUT2D eigenvalue weighted by atomic mass is 16.5. The number of methoxy groups -OCH3 is 1. The molecule has 0 aliphatic carbocycles. The summed E-state index contributed by atoms with van der Waals surface area (Å²) >= 11 is 0. The second-order valence-electron chi connectivity index (χ2n) is 1.62. The molecule has 0 bridgehead atoms. The van der Waals surface area contributed by atoms with E-state index in [0.717, 1.165) is 0 Å². The van der Waals surface area contributed by atoms with Gasteiger partial charge < -0.3 is 14.9 Å². The molecule has 0 aromatic heterocycles. The van der Waals surface area contributed by atoms with Crippen molar-refractivity contribution >= 4 is 5.97 Å². The molecule has 9 heavy (non-hydrogen) atoms. The zero-order valence-electron chi connectivity index (χ0n) is 5.20. The molecule has 0 aromatic carbocycles. The molecular weight excluding hydrogens is 124 g/mol. The van der Waals surface area contributed by atoms with E-state index in [4.69, 9.17) is 10.2 Å². The second kappa shape index (κ2) is 4.29. The van der Waals surface area contributed by atoms with Gasteiger partial charge in [-0.25, -0.2) is 0 Å². The number of hydrogen-bond donors (Lipinski definition) is 2. The number of hydrogen-bond acceptors (Lipinski definition) is 4. The Kier molecular flexibility index (Phi) is 4.00. The number of ether oxygens (including phenoxy) is 1. The fraction of sp³-hybridized carbons (Fsp3) is 0.800. The molecule has 0 aliphatic rings. The van der Waals surface area contributed by atoms with Crippen molar-refractivity contribution in [1.82, 2.24) is 0 Å². The van der Waals surface area contributed by atoms with Gasteiger partial charge in [-0.15, -0.1) is 0 Å². The Morgan fingerprint density at radius 3 is 2.67 bits per heavy atom. The molecule has 0 rings (SSSR count). The summed E-state index contributed by atoms with van der Waals surface area (Å²) in [5.41, 5.74) is 0. The molecule has 4 heteroatoms. The number of carbonyl (C=O) groups is 1. The van der Waals surface area contributed by atoms with E-state index in [9.17, 15) is 4.79 Å². The van der Waals surface area contributed by atoms with E-state index < -0.39 is 18.7 Å². The third-order valence-electron chi connectivity index (χ3n) is 0.841. The molecule has 1 atom stereocenters. The van der Waals surface area contributed by atoms with Gasteiger partial charge in [-0.05, 0) is 0 Å². The first-order valence-electron chi connectivity index (χ1n) is 2.56. The van der Waals surface area contributed by atoms with Crippen LogP contribution in [-0.4, -0.2) is 36.0 Å². The normalized spacial score (nSPS) is 12.8. The summed E-state index contributed by atoms with van der Waals surface area (Å²) in [6, 6.07) is 0. The third kappa shape index (κ3) is 3.93. The van der Waals surface area contributed by atoms with Gasteiger partial charge in [-0.1, -0.05) is 0 Å². The van der Waals surface area contributed by atoms with E-state index in [2.05, 4.69) is 4.74 Å². The van der Waals surface area contributed by atoms with Crippen LogP contribution in [0.2, 0.25) is 0 Å². The summed E-state index contributed by atoms with van der Waals surface area (Å²) in [7, 11) is 1.23. The minimum Gasteiger partial charge on any atom is -0.469 e. The topological polar surface area (TPSA) is 66.8 Å². The molecule has 0 amide bonds. The average Bonchev–Trinajstić information content (AvgIpc) is 1.87. The number of aliphatic hydroxyl groups is 2.